The van der Waals surface area contributed by atoms with E-state index in [-0.39, 0.29) is 6.42 Å². The molecule has 0 unspecified atom stereocenters. The highest BCUT2D eigenvalue weighted by Gasteiger charge is 2.04. The quantitative estimate of drug-likeness (QED) is 0.901. The molecule has 0 fully saturated rings. The molecule has 0 saturated heterocycles. The summed E-state index contributed by atoms with van der Waals surface area (Å²) < 4.78 is 1.94. The van der Waals surface area contributed by atoms with Gasteiger partial charge < -0.3 is 9.67 Å². The molecule has 0 bridgehead atoms. The molecule has 0 spiro atoms. The van der Waals surface area contributed by atoms with E-state index < -0.39 is 5.97 Å². The van der Waals surface area contributed by atoms with E-state index in [4.69, 9.17) is 5.11 Å². The van der Waals surface area contributed by atoms with E-state index in [1.165, 1.54) is 0 Å². The Bertz CT molecular complexity index is 520. The van der Waals surface area contributed by atoms with Gasteiger partial charge in [0.15, 0.2) is 5.16 Å². The molecular formula is C12H12N2O2S. The number of carbonyl (C=O) groups is 1. The van der Waals surface area contributed by atoms with Crippen molar-refractivity contribution in [1.29, 1.82) is 0 Å². The molecule has 0 aliphatic carbocycles. The van der Waals surface area contributed by atoms with Gasteiger partial charge in [-0.05, 0) is 17.7 Å². The highest BCUT2D eigenvalue weighted by Crippen LogP contribution is 2.25. The van der Waals surface area contributed by atoms with Gasteiger partial charge in [-0.25, -0.2) is 4.98 Å². The number of rotatable bonds is 4. The molecule has 1 heterocycles. The molecule has 88 valence electrons. The molecule has 17 heavy (non-hydrogen) atoms. The predicted molar refractivity (Wildman–Crippen MR) is 65.1 cm³/mol. The Labute approximate surface area is 103 Å². The van der Waals surface area contributed by atoms with E-state index in [0.29, 0.717) is 0 Å². The fourth-order valence-electron chi connectivity index (χ4n) is 1.41. The minimum absolute atomic E-state index is 0.0628. The van der Waals surface area contributed by atoms with Crippen molar-refractivity contribution < 1.29 is 9.90 Å². The summed E-state index contributed by atoms with van der Waals surface area (Å²) in [4.78, 5) is 15.8. The average Bonchev–Trinajstić information content (AvgIpc) is 2.67. The molecule has 5 heteroatoms. The van der Waals surface area contributed by atoms with Crippen LogP contribution in [0.3, 0.4) is 0 Å². The van der Waals surface area contributed by atoms with Gasteiger partial charge >= 0.3 is 5.97 Å². The van der Waals surface area contributed by atoms with E-state index in [9.17, 15) is 4.79 Å². The Morgan fingerprint density at radius 1 is 1.41 bits per heavy atom. The van der Waals surface area contributed by atoms with Gasteiger partial charge in [0.1, 0.15) is 0 Å². The van der Waals surface area contributed by atoms with E-state index in [0.717, 1.165) is 15.6 Å². The molecule has 1 N–H and O–H groups in total. The van der Waals surface area contributed by atoms with Crippen LogP contribution in [0.4, 0.5) is 0 Å². The zero-order chi connectivity index (χ0) is 12.3. The van der Waals surface area contributed by atoms with Crippen LogP contribution >= 0.6 is 11.8 Å². The first-order valence-corrected chi connectivity index (χ1v) is 5.93. The Kier molecular flexibility index (Phi) is 3.49. The maximum atomic E-state index is 10.5. The van der Waals surface area contributed by atoms with Crippen LogP contribution < -0.4 is 0 Å². The first kappa shape index (κ1) is 11.7. The lowest BCUT2D eigenvalue weighted by atomic mass is 10.2. The summed E-state index contributed by atoms with van der Waals surface area (Å²) in [6, 6.07) is 7.49. The molecule has 0 radical (unpaired) electrons. The largest absolute Gasteiger partial charge is 0.481 e. The van der Waals surface area contributed by atoms with Crippen LogP contribution in [0, 0.1) is 0 Å². The summed E-state index contributed by atoms with van der Waals surface area (Å²) in [7, 11) is 1.94. The zero-order valence-corrected chi connectivity index (χ0v) is 10.1. The van der Waals surface area contributed by atoms with Gasteiger partial charge in [-0.1, -0.05) is 23.9 Å². The van der Waals surface area contributed by atoms with Crippen molar-refractivity contribution in [1.82, 2.24) is 9.55 Å². The van der Waals surface area contributed by atoms with Crippen molar-refractivity contribution in [2.45, 2.75) is 16.5 Å². The molecule has 0 aliphatic rings. The molecular weight excluding hydrogens is 236 g/mol. The fraction of sp³-hybridized carbons (Fsp3) is 0.167. The maximum absolute atomic E-state index is 10.5. The van der Waals surface area contributed by atoms with Crippen molar-refractivity contribution in [2.75, 3.05) is 0 Å². The topological polar surface area (TPSA) is 55.1 Å². The van der Waals surface area contributed by atoms with Crippen molar-refractivity contribution in [3.63, 3.8) is 0 Å². The highest BCUT2D eigenvalue weighted by molar-refractivity contribution is 7.99. The average molecular weight is 248 g/mol. The molecule has 0 atom stereocenters. The summed E-state index contributed by atoms with van der Waals surface area (Å²) in [6.07, 6.45) is 3.70. The van der Waals surface area contributed by atoms with Gasteiger partial charge in [0.2, 0.25) is 0 Å². The van der Waals surface area contributed by atoms with Crippen molar-refractivity contribution >= 4 is 17.7 Å². The Morgan fingerprint density at radius 2 is 2.12 bits per heavy atom. The molecule has 2 rings (SSSR count). The minimum Gasteiger partial charge on any atom is -0.481 e. The number of aryl methyl sites for hydroxylation is 1. The lowest BCUT2D eigenvalue weighted by Gasteiger charge is -2.02. The third-order valence-electron chi connectivity index (χ3n) is 2.26. The number of aliphatic carboxylic acids is 1. The van der Waals surface area contributed by atoms with Crippen LogP contribution in [-0.4, -0.2) is 20.6 Å². The molecule has 1 aromatic carbocycles. The lowest BCUT2D eigenvalue weighted by Crippen LogP contribution is -1.99. The minimum atomic E-state index is -0.811. The number of benzene rings is 1. The molecule has 4 nitrogen and oxygen atoms in total. The Balaban J connectivity index is 2.08. The molecule has 0 amide bonds. The summed E-state index contributed by atoms with van der Waals surface area (Å²) in [6.45, 7) is 0. The van der Waals surface area contributed by atoms with Gasteiger partial charge in [0.25, 0.3) is 0 Å². The second-order valence-electron chi connectivity index (χ2n) is 3.64. The zero-order valence-electron chi connectivity index (χ0n) is 9.33. The van der Waals surface area contributed by atoms with Crippen molar-refractivity contribution in [3.8, 4) is 0 Å². The highest BCUT2D eigenvalue weighted by atomic mass is 32.2. The number of aromatic nitrogens is 2. The van der Waals surface area contributed by atoms with Gasteiger partial charge in [0.05, 0.1) is 6.42 Å². The summed E-state index contributed by atoms with van der Waals surface area (Å²) >= 11 is 1.55. The van der Waals surface area contributed by atoms with E-state index >= 15 is 0 Å². The van der Waals surface area contributed by atoms with Crippen LogP contribution in [-0.2, 0) is 18.3 Å². The second-order valence-corrected chi connectivity index (χ2v) is 4.68. The summed E-state index contributed by atoms with van der Waals surface area (Å²) in [5.74, 6) is -0.811. The van der Waals surface area contributed by atoms with E-state index in [1.54, 1.807) is 18.0 Å². The fourth-order valence-corrected chi connectivity index (χ4v) is 2.21. The molecule has 2 aromatic rings. The second kappa shape index (κ2) is 5.05. The van der Waals surface area contributed by atoms with Crippen LogP contribution in [0.1, 0.15) is 5.56 Å². The Morgan fingerprint density at radius 3 is 2.65 bits per heavy atom. The smallest absolute Gasteiger partial charge is 0.307 e. The number of hydrogen-bond acceptors (Lipinski definition) is 3. The van der Waals surface area contributed by atoms with Gasteiger partial charge in [0, 0.05) is 24.3 Å². The first-order valence-electron chi connectivity index (χ1n) is 5.11. The SMILES string of the molecule is Cn1ccnc1Sc1ccc(CC(=O)O)cc1. The molecule has 0 aliphatic heterocycles. The van der Waals surface area contributed by atoms with Crippen LogP contribution in [0.25, 0.3) is 0 Å². The third-order valence-corrected chi connectivity index (χ3v) is 3.35. The Hall–Kier alpha value is -1.75. The van der Waals surface area contributed by atoms with E-state index in [1.807, 2.05) is 42.1 Å². The standard InChI is InChI=1S/C12H12N2O2S/c1-14-7-6-13-12(14)17-10-4-2-9(3-5-10)8-11(15)16/h2-7H,8H2,1H3,(H,15,16). The van der Waals surface area contributed by atoms with E-state index in [2.05, 4.69) is 4.98 Å². The maximum Gasteiger partial charge on any atom is 0.307 e. The van der Waals surface area contributed by atoms with Crippen molar-refractivity contribution in [3.05, 3.63) is 42.2 Å². The van der Waals surface area contributed by atoms with Gasteiger partial charge in [-0.3, -0.25) is 4.79 Å². The summed E-state index contributed by atoms with van der Waals surface area (Å²) in [5, 5.41) is 9.57. The number of carboxylic acids is 1. The third kappa shape index (κ3) is 3.10. The van der Waals surface area contributed by atoms with Crippen LogP contribution in [0.5, 0.6) is 0 Å². The first-order chi connectivity index (χ1) is 8.15. The van der Waals surface area contributed by atoms with Crippen molar-refractivity contribution in [2.24, 2.45) is 7.05 Å². The predicted octanol–water partition coefficient (Wildman–Crippen LogP) is 2.20. The number of imidazole rings is 1. The van der Waals surface area contributed by atoms with Gasteiger partial charge in [-0.15, -0.1) is 0 Å². The molecule has 0 saturated carbocycles. The van der Waals surface area contributed by atoms with Crippen LogP contribution in [0.15, 0.2) is 46.7 Å². The molecule has 1 aromatic heterocycles. The monoisotopic (exact) mass is 248 g/mol. The summed E-state index contributed by atoms with van der Waals surface area (Å²) in [5.41, 5.74) is 0.807. The lowest BCUT2D eigenvalue weighted by molar-refractivity contribution is -0.136. The normalized spacial score (nSPS) is 10.4. The van der Waals surface area contributed by atoms with Gasteiger partial charge in [-0.2, -0.15) is 0 Å². The number of nitrogens with zero attached hydrogens (tertiary/aromatic N) is 2. The number of carboxylic acid groups (broad SMARTS) is 1. The van der Waals surface area contributed by atoms with Crippen LogP contribution in [0.2, 0.25) is 0 Å². The number of hydrogen-bond donors (Lipinski definition) is 1.